The molecule has 2 heterocycles. The molecule has 0 aromatic heterocycles. The highest BCUT2D eigenvalue weighted by Crippen LogP contribution is 2.38. The lowest BCUT2D eigenvalue weighted by atomic mass is 9.99. The van der Waals surface area contributed by atoms with E-state index in [0.29, 0.717) is 5.56 Å². The number of ether oxygens (including phenoxy) is 5. The van der Waals surface area contributed by atoms with Crippen molar-refractivity contribution in [3.8, 4) is 5.75 Å². The van der Waals surface area contributed by atoms with E-state index in [2.05, 4.69) is 0 Å². The monoisotopic (exact) mass is 445 g/mol. The van der Waals surface area contributed by atoms with Gasteiger partial charge < -0.3 is 28.8 Å². The molecular weight excluding hydrogens is 422 g/mol. The fraction of sp³-hybridized carbons (Fsp3) is 0.409. The summed E-state index contributed by atoms with van der Waals surface area (Å²) in [4.78, 5) is 22.7. The zero-order valence-electron chi connectivity index (χ0n) is 17.5. The standard InChI is InChI=1S/C22H23NO9/c1-22(2)31-18-16(12-28-20(25)13-6-4-3-5-7-13)30-21(17(24)19(18)32-22)29-15-10-8-14(9-11-15)23(26)27/h3-11,16-19,21,24H,12H2,1-2H3/t16?,17?,18-,19-,21-/m0/s1. The summed E-state index contributed by atoms with van der Waals surface area (Å²) in [5.41, 5.74) is 0.296. The third-order valence-corrected chi connectivity index (χ3v) is 5.14. The summed E-state index contributed by atoms with van der Waals surface area (Å²) >= 11 is 0. The van der Waals surface area contributed by atoms with Gasteiger partial charge in [-0.2, -0.15) is 0 Å². The van der Waals surface area contributed by atoms with Crippen LogP contribution >= 0.6 is 0 Å². The molecular formula is C22H23NO9. The number of aliphatic hydroxyl groups excluding tert-OH is 1. The van der Waals surface area contributed by atoms with Gasteiger partial charge in [-0.25, -0.2) is 4.79 Å². The summed E-state index contributed by atoms with van der Waals surface area (Å²) in [5, 5.41) is 21.6. The molecule has 0 radical (unpaired) electrons. The Balaban J connectivity index is 1.48. The molecule has 2 unspecified atom stereocenters. The average Bonchev–Trinajstić information content (AvgIpc) is 3.11. The number of hydrogen-bond donors (Lipinski definition) is 1. The van der Waals surface area contributed by atoms with Crippen molar-refractivity contribution >= 4 is 11.7 Å². The Labute approximate surface area is 183 Å². The number of non-ortho nitro benzene ring substituents is 1. The molecule has 2 aliphatic rings. The van der Waals surface area contributed by atoms with Crippen LogP contribution in [0.5, 0.6) is 5.75 Å². The molecule has 1 N–H and O–H groups in total. The number of nitro benzene ring substituents is 1. The van der Waals surface area contributed by atoms with Crippen molar-refractivity contribution in [2.24, 2.45) is 0 Å². The number of esters is 1. The molecule has 32 heavy (non-hydrogen) atoms. The van der Waals surface area contributed by atoms with E-state index in [9.17, 15) is 20.0 Å². The molecule has 0 spiro atoms. The zero-order chi connectivity index (χ0) is 22.9. The molecule has 2 saturated heterocycles. The maximum atomic E-state index is 12.3. The largest absolute Gasteiger partial charge is 0.462 e. The number of hydrogen-bond acceptors (Lipinski definition) is 9. The molecule has 10 nitrogen and oxygen atoms in total. The van der Waals surface area contributed by atoms with Gasteiger partial charge in [-0.3, -0.25) is 10.1 Å². The molecule has 2 aromatic carbocycles. The molecule has 0 bridgehead atoms. The summed E-state index contributed by atoms with van der Waals surface area (Å²) < 4.78 is 28.8. The number of nitrogens with zero attached hydrogens (tertiary/aromatic N) is 1. The van der Waals surface area contributed by atoms with E-state index >= 15 is 0 Å². The minimum absolute atomic E-state index is 0.0949. The zero-order valence-corrected chi connectivity index (χ0v) is 17.5. The van der Waals surface area contributed by atoms with Gasteiger partial charge in [-0.05, 0) is 38.1 Å². The molecule has 0 aliphatic carbocycles. The first-order chi connectivity index (χ1) is 15.2. The second-order valence-electron chi connectivity index (χ2n) is 7.93. The Morgan fingerprint density at radius 1 is 1.09 bits per heavy atom. The van der Waals surface area contributed by atoms with Crippen LogP contribution in [0.15, 0.2) is 54.6 Å². The van der Waals surface area contributed by atoms with Crippen molar-refractivity contribution < 1.29 is 38.5 Å². The van der Waals surface area contributed by atoms with Crippen LogP contribution in [-0.4, -0.2) is 59.1 Å². The SMILES string of the molecule is CC1(C)O[C@H]2C(COC(=O)c3ccccc3)O[C@H](Oc3ccc([N+](=O)[O-])cc3)C(O)[C@@H]2O1. The lowest BCUT2D eigenvalue weighted by molar-refractivity contribution is -0.384. The molecule has 2 fully saturated rings. The van der Waals surface area contributed by atoms with E-state index in [0.717, 1.165) is 0 Å². The van der Waals surface area contributed by atoms with Gasteiger partial charge >= 0.3 is 5.97 Å². The minimum Gasteiger partial charge on any atom is -0.462 e. The van der Waals surface area contributed by atoms with Crippen LogP contribution in [0.25, 0.3) is 0 Å². The number of fused-ring (bicyclic) bond motifs is 1. The minimum atomic E-state index is -1.21. The van der Waals surface area contributed by atoms with Crippen LogP contribution in [-0.2, 0) is 18.9 Å². The predicted octanol–water partition coefficient (Wildman–Crippen LogP) is 2.44. The van der Waals surface area contributed by atoms with E-state index in [-0.39, 0.29) is 18.0 Å². The molecule has 5 atom stereocenters. The fourth-order valence-corrected chi connectivity index (χ4v) is 3.68. The number of carbonyl (C=O) groups is 1. The van der Waals surface area contributed by atoms with Gasteiger partial charge in [0.2, 0.25) is 6.29 Å². The summed E-state index contributed by atoms with van der Waals surface area (Å²) in [6, 6.07) is 13.9. The number of nitro groups is 1. The molecule has 2 aliphatic heterocycles. The fourth-order valence-electron chi connectivity index (χ4n) is 3.68. The first-order valence-electron chi connectivity index (χ1n) is 10.1. The molecule has 4 rings (SSSR count). The Morgan fingerprint density at radius 3 is 2.41 bits per heavy atom. The van der Waals surface area contributed by atoms with Gasteiger partial charge in [-0.15, -0.1) is 0 Å². The lowest BCUT2D eigenvalue weighted by Crippen LogP contribution is -2.59. The number of rotatable bonds is 6. The van der Waals surface area contributed by atoms with E-state index in [1.54, 1.807) is 44.2 Å². The first kappa shape index (κ1) is 22.2. The highest BCUT2D eigenvalue weighted by Gasteiger charge is 2.56. The van der Waals surface area contributed by atoms with Crippen LogP contribution in [0.3, 0.4) is 0 Å². The van der Waals surface area contributed by atoms with E-state index < -0.39 is 47.4 Å². The second-order valence-corrected chi connectivity index (χ2v) is 7.93. The molecule has 10 heteroatoms. The van der Waals surface area contributed by atoms with Crippen LogP contribution in [0.2, 0.25) is 0 Å². The highest BCUT2D eigenvalue weighted by molar-refractivity contribution is 5.89. The smallest absolute Gasteiger partial charge is 0.338 e. The molecule has 2 aromatic rings. The number of aliphatic hydroxyl groups is 1. The lowest BCUT2D eigenvalue weighted by Gasteiger charge is -2.39. The topological polar surface area (TPSA) is 127 Å². The predicted molar refractivity (Wildman–Crippen MR) is 109 cm³/mol. The van der Waals surface area contributed by atoms with Crippen molar-refractivity contribution in [1.29, 1.82) is 0 Å². The van der Waals surface area contributed by atoms with Crippen molar-refractivity contribution in [2.75, 3.05) is 6.61 Å². The maximum Gasteiger partial charge on any atom is 0.338 e. The molecule has 0 saturated carbocycles. The van der Waals surface area contributed by atoms with Crippen molar-refractivity contribution in [3.05, 3.63) is 70.3 Å². The third-order valence-electron chi connectivity index (χ3n) is 5.14. The second kappa shape index (κ2) is 8.83. The van der Waals surface area contributed by atoms with Crippen molar-refractivity contribution in [3.63, 3.8) is 0 Å². The van der Waals surface area contributed by atoms with Crippen molar-refractivity contribution in [1.82, 2.24) is 0 Å². The van der Waals surface area contributed by atoms with Crippen LogP contribution in [0.4, 0.5) is 5.69 Å². The normalized spacial score (nSPS) is 28.5. The van der Waals surface area contributed by atoms with Gasteiger partial charge in [0, 0.05) is 12.1 Å². The highest BCUT2D eigenvalue weighted by atomic mass is 16.8. The number of benzene rings is 2. The van der Waals surface area contributed by atoms with Crippen LogP contribution in [0.1, 0.15) is 24.2 Å². The Kier molecular flexibility index (Phi) is 6.11. The number of carbonyl (C=O) groups excluding carboxylic acids is 1. The molecule has 0 amide bonds. The first-order valence-corrected chi connectivity index (χ1v) is 10.1. The van der Waals surface area contributed by atoms with Crippen LogP contribution in [0, 0.1) is 10.1 Å². The van der Waals surface area contributed by atoms with Gasteiger partial charge in [0.1, 0.15) is 36.8 Å². The quantitative estimate of drug-likeness (QED) is 0.405. The summed E-state index contributed by atoms with van der Waals surface area (Å²) in [7, 11) is 0. The summed E-state index contributed by atoms with van der Waals surface area (Å²) in [5.74, 6) is -1.25. The van der Waals surface area contributed by atoms with Crippen molar-refractivity contribution in [2.45, 2.75) is 50.3 Å². The average molecular weight is 445 g/mol. The van der Waals surface area contributed by atoms with E-state index in [1.165, 1.54) is 24.3 Å². The van der Waals surface area contributed by atoms with Gasteiger partial charge in [0.25, 0.3) is 5.69 Å². The molecule has 170 valence electrons. The van der Waals surface area contributed by atoms with Crippen LogP contribution < -0.4 is 4.74 Å². The summed E-state index contributed by atoms with van der Waals surface area (Å²) in [6.07, 6.45) is -4.64. The third kappa shape index (κ3) is 4.73. The van der Waals surface area contributed by atoms with E-state index in [1.807, 2.05) is 0 Å². The Bertz CT molecular complexity index is 963. The Morgan fingerprint density at radius 2 is 1.75 bits per heavy atom. The van der Waals surface area contributed by atoms with E-state index in [4.69, 9.17) is 23.7 Å². The maximum absolute atomic E-state index is 12.3. The van der Waals surface area contributed by atoms with Gasteiger partial charge in [0.15, 0.2) is 5.79 Å². The summed E-state index contributed by atoms with van der Waals surface area (Å²) in [6.45, 7) is 3.26. The Hall–Kier alpha value is -3.05. The van der Waals surface area contributed by atoms with Gasteiger partial charge in [-0.1, -0.05) is 18.2 Å². The van der Waals surface area contributed by atoms with Gasteiger partial charge in [0.05, 0.1) is 10.5 Å².